The van der Waals surface area contributed by atoms with Gasteiger partial charge in [0.2, 0.25) is 0 Å². The normalized spacial score (nSPS) is 11.1. The zero-order chi connectivity index (χ0) is 16.4. The summed E-state index contributed by atoms with van der Waals surface area (Å²) in [6, 6.07) is 6.49. The Bertz CT molecular complexity index is 817. The molecule has 120 valence electrons. The Morgan fingerprint density at radius 3 is 2.61 bits per heavy atom. The maximum Gasteiger partial charge on any atom is 0.141 e. The SMILES string of the molecule is CCN(CCO)c1ncnc2sc(C)c(-c3ccc(F)cc3)c12. The zero-order valence-corrected chi connectivity index (χ0v) is 13.9. The Morgan fingerprint density at radius 2 is 1.96 bits per heavy atom. The number of benzene rings is 1. The van der Waals surface area contributed by atoms with E-state index in [1.165, 1.54) is 12.1 Å². The van der Waals surface area contributed by atoms with E-state index in [0.29, 0.717) is 6.54 Å². The van der Waals surface area contributed by atoms with E-state index in [4.69, 9.17) is 0 Å². The van der Waals surface area contributed by atoms with E-state index in [2.05, 4.69) is 9.97 Å². The van der Waals surface area contributed by atoms with Crippen LogP contribution in [0.2, 0.25) is 0 Å². The number of rotatable bonds is 5. The molecule has 0 spiro atoms. The monoisotopic (exact) mass is 331 g/mol. The van der Waals surface area contributed by atoms with Crippen molar-refractivity contribution in [3.8, 4) is 11.1 Å². The van der Waals surface area contributed by atoms with Crippen LogP contribution in [-0.4, -0.2) is 34.8 Å². The molecule has 2 aromatic heterocycles. The van der Waals surface area contributed by atoms with E-state index < -0.39 is 0 Å². The molecule has 0 aliphatic carbocycles. The summed E-state index contributed by atoms with van der Waals surface area (Å²) in [5, 5.41) is 10.3. The van der Waals surface area contributed by atoms with E-state index in [9.17, 15) is 9.50 Å². The van der Waals surface area contributed by atoms with E-state index in [0.717, 1.165) is 38.6 Å². The fourth-order valence-electron chi connectivity index (χ4n) is 2.77. The number of fused-ring (bicyclic) bond motifs is 1. The first-order valence-electron chi connectivity index (χ1n) is 7.51. The van der Waals surface area contributed by atoms with Crippen LogP contribution < -0.4 is 4.90 Å². The highest BCUT2D eigenvalue weighted by Gasteiger charge is 2.19. The second-order valence-electron chi connectivity index (χ2n) is 5.22. The zero-order valence-electron chi connectivity index (χ0n) is 13.1. The quantitative estimate of drug-likeness (QED) is 0.776. The number of halogens is 1. The van der Waals surface area contributed by atoms with Crippen molar-refractivity contribution in [3.63, 3.8) is 0 Å². The summed E-state index contributed by atoms with van der Waals surface area (Å²) < 4.78 is 13.2. The number of aryl methyl sites for hydroxylation is 1. The number of aromatic nitrogens is 2. The molecule has 6 heteroatoms. The molecule has 0 radical (unpaired) electrons. The number of anilines is 1. The van der Waals surface area contributed by atoms with Crippen molar-refractivity contribution >= 4 is 27.4 Å². The van der Waals surface area contributed by atoms with Crippen LogP contribution in [0.1, 0.15) is 11.8 Å². The van der Waals surface area contributed by atoms with Gasteiger partial charge in [-0.1, -0.05) is 12.1 Å². The third kappa shape index (κ3) is 2.92. The number of nitrogens with zero attached hydrogens (tertiary/aromatic N) is 3. The van der Waals surface area contributed by atoms with Crippen LogP contribution in [0, 0.1) is 12.7 Å². The lowest BCUT2D eigenvalue weighted by molar-refractivity contribution is 0.302. The summed E-state index contributed by atoms with van der Waals surface area (Å²) in [5.74, 6) is 0.563. The van der Waals surface area contributed by atoms with Crippen molar-refractivity contribution in [1.29, 1.82) is 0 Å². The molecule has 0 bridgehead atoms. The minimum atomic E-state index is -0.252. The Hall–Kier alpha value is -2.05. The smallest absolute Gasteiger partial charge is 0.141 e. The molecule has 0 saturated carbocycles. The van der Waals surface area contributed by atoms with Gasteiger partial charge in [-0.25, -0.2) is 14.4 Å². The maximum absolute atomic E-state index is 13.2. The van der Waals surface area contributed by atoms with E-state index >= 15 is 0 Å². The van der Waals surface area contributed by atoms with Crippen molar-refractivity contribution in [2.24, 2.45) is 0 Å². The third-order valence-corrected chi connectivity index (χ3v) is 4.84. The average molecular weight is 331 g/mol. The van der Waals surface area contributed by atoms with Crippen LogP contribution in [0.5, 0.6) is 0 Å². The van der Waals surface area contributed by atoms with Gasteiger partial charge in [-0.05, 0) is 31.5 Å². The molecule has 3 rings (SSSR count). The fourth-order valence-corrected chi connectivity index (χ4v) is 3.77. The van der Waals surface area contributed by atoms with Crippen LogP contribution in [0.4, 0.5) is 10.2 Å². The molecule has 0 amide bonds. The topological polar surface area (TPSA) is 49.2 Å². The molecule has 0 unspecified atom stereocenters. The molecular weight excluding hydrogens is 313 g/mol. The van der Waals surface area contributed by atoms with Crippen molar-refractivity contribution in [3.05, 3.63) is 41.3 Å². The van der Waals surface area contributed by atoms with Crippen molar-refractivity contribution in [2.75, 3.05) is 24.6 Å². The Labute approximate surface area is 138 Å². The summed E-state index contributed by atoms with van der Waals surface area (Å²) in [4.78, 5) is 12.9. The lowest BCUT2D eigenvalue weighted by Gasteiger charge is -2.22. The van der Waals surface area contributed by atoms with Gasteiger partial charge in [0.1, 0.15) is 22.8 Å². The first-order valence-corrected chi connectivity index (χ1v) is 8.33. The molecule has 3 aromatic rings. The Morgan fingerprint density at radius 1 is 1.22 bits per heavy atom. The number of likely N-dealkylation sites (N-methyl/N-ethyl adjacent to an activating group) is 1. The van der Waals surface area contributed by atoms with Gasteiger partial charge in [0.15, 0.2) is 0 Å². The first-order chi connectivity index (χ1) is 11.2. The van der Waals surface area contributed by atoms with E-state index in [-0.39, 0.29) is 12.4 Å². The van der Waals surface area contributed by atoms with Crippen LogP contribution in [0.3, 0.4) is 0 Å². The predicted molar refractivity (Wildman–Crippen MR) is 92.5 cm³/mol. The summed E-state index contributed by atoms with van der Waals surface area (Å²) in [6.07, 6.45) is 1.56. The second-order valence-corrected chi connectivity index (χ2v) is 6.42. The van der Waals surface area contributed by atoms with Crippen molar-refractivity contribution < 1.29 is 9.50 Å². The highest BCUT2D eigenvalue weighted by Crippen LogP contribution is 2.41. The van der Waals surface area contributed by atoms with Gasteiger partial charge in [-0.2, -0.15) is 0 Å². The van der Waals surface area contributed by atoms with Crippen molar-refractivity contribution in [2.45, 2.75) is 13.8 Å². The van der Waals surface area contributed by atoms with Gasteiger partial charge < -0.3 is 10.0 Å². The van der Waals surface area contributed by atoms with Gasteiger partial charge in [0.25, 0.3) is 0 Å². The van der Waals surface area contributed by atoms with Crippen LogP contribution in [-0.2, 0) is 0 Å². The lowest BCUT2D eigenvalue weighted by atomic mass is 10.0. The highest BCUT2D eigenvalue weighted by atomic mass is 32.1. The number of aliphatic hydroxyl groups is 1. The van der Waals surface area contributed by atoms with Gasteiger partial charge in [0, 0.05) is 23.5 Å². The van der Waals surface area contributed by atoms with Gasteiger partial charge in [0.05, 0.1) is 12.0 Å². The minimum absolute atomic E-state index is 0.0638. The molecule has 23 heavy (non-hydrogen) atoms. The maximum atomic E-state index is 13.2. The largest absolute Gasteiger partial charge is 0.395 e. The molecule has 4 nitrogen and oxygen atoms in total. The number of hydrogen-bond acceptors (Lipinski definition) is 5. The molecule has 1 aromatic carbocycles. The number of hydrogen-bond donors (Lipinski definition) is 1. The molecular formula is C17H18FN3OS. The molecule has 0 saturated heterocycles. The summed E-state index contributed by atoms with van der Waals surface area (Å²) in [7, 11) is 0. The number of thiophene rings is 1. The molecule has 0 atom stereocenters. The second kappa shape index (κ2) is 6.60. The Kier molecular flexibility index (Phi) is 4.54. The summed E-state index contributed by atoms with van der Waals surface area (Å²) >= 11 is 1.60. The van der Waals surface area contributed by atoms with Crippen LogP contribution in [0.25, 0.3) is 21.3 Å². The minimum Gasteiger partial charge on any atom is -0.395 e. The predicted octanol–water partition coefficient (Wildman–Crippen LogP) is 3.62. The van der Waals surface area contributed by atoms with E-state index in [1.807, 2.05) is 18.7 Å². The highest BCUT2D eigenvalue weighted by molar-refractivity contribution is 7.19. The molecule has 0 fully saturated rings. The summed E-state index contributed by atoms with van der Waals surface area (Å²) in [6.45, 7) is 5.39. The van der Waals surface area contributed by atoms with Crippen molar-refractivity contribution in [1.82, 2.24) is 9.97 Å². The average Bonchev–Trinajstić information content (AvgIpc) is 2.89. The van der Waals surface area contributed by atoms with Crippen LogP contribution >= 0.6 is 11.3 Å². The molecule has 1 N–H and O–H groups in total. The summed E-state index contributed by atoms with van der Waals surface area (Å²) in [5.41, 5.74) is 1.99. The van der Waals surface area contributed by atoms with Gasteiger partial charge in [-0.15, -0.1) is 11.3 Å². The fraction of sp³-hybridized carbons (Fsp3) is 0.294. The van der Waals surface area contributed by atoms with Gasteiger partial charge in [-0.3, -0.25) is 0 Å². The Balaban J connectivity index is 2.25. The van der Waals surface area contributed by atoms with Gasteiger partial charge >= 0.3 is 0 Å². The number of aliphatic hydroxyl groups excluding tert-OH is 1. The lowest BCUT2D eigenvalue weighted by Crippen LogP contribution is -2.27. The van der Waals surface area contributed by atoms with Crippen LogP contribution in [0.15, 0.2) is 30.6 Å². The molecule has 0 aliphatic heterocycles. The standard InChI is InChI=1S/C17H18FN3OS/c1-3-21(8-9-22)16-15-14(12-4-6-13(18)7-5-12)11(2)23-17(15)20-10-19-16/h4-7,10,22H,3,8-9H2,1-2H3. The first kappa shape index (κ1) is 15.8. The van der Waals surface area contributed by atoms with E-state index in [1.54, 1.807) is 29.8 Å². The molecule has 2 heterocycles. The third-order valence-electron chi connectivity index (χ3n) is 3.83. The molecule has 0 aliphatic rings.